The minimum absolute atomic E-state index is 0.0151. The van der Waals surface area contributed by atoms with Crippen molar-refractivity contribution >= 4 is 11.9 Å². The zero-order chi connectivity index (χ0) is 28.0. The summed E-state index contributed by atoms with van der Waals surface area (Å²) in [6.45, 7) is 9.04. The first-order valence-corrected chi connectivity index (χ1v) is 14.2. The summed E-state index contributed by atoms with van der Waals surface area (Å²) < 4.78 is 6.00. The molecule has 6 heterocycles. The Balaban J connectivity index is 1.41. The molecule has 2 aromatic carbocycles. The zero-order valence-electron chi connectivity index (χ0n) is 23.4. The maximum Gasteiger partial charge on any atom is 0.304 e. The number of benzene rings is 2. The van der Waals surface area contributed by atoms with E-state index in [1.165, 1.54) is 5.56 Å². The lowest BCUT2D eigenvalue weighted by molar-refractivity contribution is -0.137. The normalized spacial score (nSPS) is 24.3. The molecule has 0 saturated heterocycles. The number of carboxylic acid groups (broad SMARTS) is 1. The van der Waals surface area contributed by atoms with Crippen molar-refractivity contribution in [2.45, 2.75) is 71.2 Å². The Kier molecular flexibility index (Phi) is 7.04. The topological polar surface area (TPSA) is 94.8 Å². The fraction of sp³-hybridized carbons (Fsp3) is 0.438. The van der Waals surface area contributed by atoms with Gasteiger partial charge in [-0.3, -0.25) is 14.6 Å². The fourth-order valence-corrected chi connectivity index (χ4v) is 6.75. The highest BCUT2D eigenvalue weighted by atomic mass is 16.5. The van der Waals surface area contributed by atoms with E-state index in [0.717, 1.165) is 63.9 Å². The molecule has 1 N–H and O–H groups in total. The van der Waals surface area contributed by atoms with Crippen LogP contribution >= 0.6 is 0 Å². The highest BCUT2D eigenvalue weighted by Crippen LogP contribution is 2.40. The number of hydrogen-bond acceptors (Lipinski definition) is 6. The summed E-state index contributed by atoms with van der Waals surface area (Å²) in [5, 5.41) is 21.0. The molecule has 0 fully saturated rings. The summed E-state index contributed by atoms with van der Waals surface area (Å²) in [5.41, 5.74) is 9.07. The van der Waals surface area contributed by atoms with Crippen LogP contribution in [-0.2, 0) is 29.1 Å². The van der Waals surface area contributed by atoms with E-state index in [-0.39, 0.29) is 30.3 Å². The molecule has 8 nitrogen and oxygen atoms in total. The molecule has 3 unspecified atom stereocenters. The Bertz CT molecular complexity index is 1440. The second kappa shape index (κ2) is 10.7. The number of hydrogen-bond donors (Lipinski definition) is 1. The number of carboxylic acids is 1. The van der Waals surface area contributed by atoms with Crippen LogP contribution in [0.2, 0.25) is 0 Å². The number of carbonyl (C=O) groups excluding carboxylic acids is 1. The average Bonchev–Trinajstić information content (AvgIpc) is 3.34. The highest BCUT2D eigenvalue weighted by Gasteiger charge is 2.37. The van der Waals surface area contributed by atoms with Crippen LogP contribution < -0.4 is 0 Å². The van der Waals surface area contributed by atoms with Crippen LogP contribution in [0.5, 0.6) is 0 Å². The highest BCUT2D eigenvalue weighted by molar-refractivity contribution is 5.97. The molecule has 3 atom stereocenters. The van der Waals surface area contributed by atoms with Crippen molar-refractivity contribution in [3.63, 3.8) is 0 Å². The van der Waals surface area contributed by atoms with Crippen LogP contribution in [0.25, 0.3) is 0 Å². The van der Waals surface area contributed by atoms with E-state index < -0.39 is 5.97 Å². The van der Waals surface area contributed by atoms with Gasteiger partial charge in [0.1, 0.15) is 6.04 Å². The molecule has 2 aromatic rings. The summed E-state index contributed by atoms with van der Waals surface area (Å²) in [6.07, 6.45) is 5.77. The number of aliphatic carboxylic acids is 1. The molecule has 40 heavy (non-hydrogen) atoms. The van der Waals surface area contributed by atoms with Crippen LogP contribution in [0.15, 0.2) is 64.0 Å². The number of amides is 1. The molecular formula is C32H36N4O4. The van der Waals surface area contributed by atoms with Gasteiger partial charge in [-0.2, -0.15) is 5.11 Å². The molecule has 1 amide bonds. The van der Waals surface area contributed by atoms with Crippen LogP contribution in [-0.4, -0.2) is 58.7 Å². The second-order valence-corrected chi connectivity index (χ2v) is 11.5. The predicted molar refractivity (Wildman–Crippen MR) is 151 cm³/mol. The first-order valence-electron chi connectivity index (χ1n) is 14.2. The Morgan fingerprint density at radius 1 is 1.10 bits per heavy atom. The molecule has 0 saturated carbocycles. The molecule has 8 heteroatoms. The van der Waals surface area contributed by atoms with Crippen LogP contribution in [0.1, 0.15) is 69.4 Å². The number of ether oxygens (including phenoxy) is 1. The molecule has 0 aromatic heterocycles. The molecule has 208 valence electrons. The van der Waals surface area contributed by atoms with Gasteiger partial charge in [-0.05, 0) is 78.1 Å². The third-order valence-electron chi connectivity index (χ3n) is 8.77. The van der Waals surface area contributed by atoms with Gasteiger partial charge in [0.15, 0.2) is 0 Å². The SMILES string of the molecule is CC1=C2C=CC3C1N=NN3CCCOCc1cc(C)c(c(C)c1)C(=O)N1CCc3ccc(cc3C1)C2CC(=O)O. The van der Waals surface area contributed by atoms with Gasteiger partial charge in [0.2, 0.25) is 0 Å². The van der Waals surface area contributed by atoms with Gasteiger partial charge >= 0.3 is 5.97 Å². The van der Waals surface area contributed by atoms with Crippen molar-refractivity contribution in [1.29, 1.82) is 0 Å². The van der Waals surface area contributed by atoms with Gasteiger partial charge in [-0.15, -0.1) is 0 Å². The standard InChI is InChI=1S/C32H36N4O4/c1-19-13-22-14-20(2)30(19)32(39)35-11-9-23-5-6-24(15-25(23)17-35)27(16-29(37)38)26-7-8-28-31(21(26)3)33-34-36(28)10-4-12-40-18-22/h5-8,13-15,27-28,31H,4,9-12,16-18H2,1-3H3,(H,37,38). The lowest BCUT2D eigenvalue weighted by Gasteiger charge is -2.32. The first kappa shape index (κ1) is 26.4. The Morgan fingerprint density at radius 2 is 1.90 bits per heavy atom. The predicted octanol–water partition coefficient (Wildman–Crippen LogP) is 5.29. The largest absolute Gasteiger partial charge is 0.481 e. The van der Waals surface area contributed by atoms with E-state index in [0.29, 0.717) is 26.3 Å². The van der Waals surface area contributed by atoms with Crippen LogP contribution in [0.3, 0.4) is 0 Å². The number of allylic oxidation sites excluding steroid dienone is 2. The minimum Gasteiger partial charge on any atom is -0.481 e. The molecule has 7 aliphatic rings. The summed E-state index contributed by atoms with van der Waals surface area (Å²) in [6, 6.07) is 10.3. The number of nitrogens with zero attached hydrogens (tertiary/aromatic N) is 4. The van der Waals surface area contributed by atoms with Gasteiger partial charge in [-0.25, -0.2) is 0 Å². The summed E-state index contributed by atoms with van der Waals surface area (Å²) in [4.78, 5) is 27.7. The molecule has 6 aliphatic heterocycles. The van der Waals surface area contributed by atoms with E-state index in [9.17, 15) is 14.7 Å². The van der Waals surface area contributed by atoms with Gasteiger partial charge in [0.05, 0.1) is 19.1 Å². The van der Waals surface area contributed by atoms with Crippen molar-refractivity contribution in [3.05, 3.63) is 92.6 Å². The molecule has 9 rings (SSSR count). The first-order chi connectivity index (χ1) is 19.3. The van der Waals surface area contributed by atoms with Gasteiger partial charge in [0, 0.05) is 37.7 Å². The number of rotatable bonds is 2. The smallest absolute Gasteiger partial charge is 0.304 e. The van der Waals surface area contributed by atoms with Crippen molar-refractivity contribution in [2.24, 2.45) is 10.3 Å². The monoisotopic (exact) mass is 540 g/mol. The third-order valence-corrected chi connectivity index (χ3v) is 8.77. The number of aryl methyl sites for hydroxylation is 2. The fourth-order valence-electron chi connectivity index (χ4n) is 6.75. The molecule has 0 spiro atoms. The van der Waals surface area contributed by atoms with Crippen molar-refractivity contribution < 1.29 is 19.4 Å². The Labute approximate surface area is 235 Å². The van der Waals surface area contributed by atoms with Crippen molar-refractivity contribution in [1.82, 2.24) is 9.91 Å². The third kappa shape index (κ3) is 4.85. The van der Waals surface area contributed by atoms with Crippen LogP contribution in [0, 0.1) is 13.8 Å². The summed E-state index contributed by atoms with van der Waals surface area (Å²) in [7, 11) is 0. The zero-order valence-corrected chi connectivity index (χ0v) is 23.4. The number of carbonyl (C=O) groups is 2. The molecule has 0 radical (unpaired) electrons. The minimum atomic E-state index is -0.843. The maximum atomic E-state index is 13.8. The van der Waals surface area contributed by atoms with E-state index in [1.54, 1.807) is 0 Å². The Hall–Kier alpha value is -3.78. The van der Waals surface area contributed by atoms with E-state index in [2.05, 4.69) is 59.7 Å². The molecule has 1 aliphatic carbocycles. The van der Waals surface area contributed by atoms with Gasteiger partial charge in [0.25, 0.3) is 5.91 Å². The van der Waals surface area contributed by atoms with Gasteiger partial charge in [-0.1, -0.05) is 47.7 Å². The summed E-state index contributed by atoms with van der Waals surface area (Å²) >= 11 is 0. The van der Waals surface area contributed by atoms with Crippen molar-refractivity contribution in [3.8, 4) is 0 Å². The lowest BCUT2D eigenvalue weighted by Crippen LogP contribution is -2.37. The summed E-state index contributed by atoms with van der Waals surface area (Å²) in [5.74, 6) is -1.11. The Morgan fingerprint density at radius 3 is 2.67 bits per heavy atom. The van der Waals surface area contributed by atoms with Gasteiger partial charge < -0.3 is 14.7 Å². The van der Waals surface area contributed by atoms with E-state index >= 15 is 0 Å². The van der Waals surface area contributed by atoms with Crippen LogP contribution in [0.4, 0.5) is 0 Å². The second-order valence-electron chi connectivity index (χ2n) is 11.5. The maximum absolute atomic E-state index is 13.8. The van der Waals surface area contributed by atoms with E-state index in [1.807, 2.05) is 23.8 Å². The lowest BCUT2D eigenvalue weighted by atomic mass is 9.79. The molecule has 9 bridgehead atoms. The average molecular weight is 541 g/mol. The quantitative estimate of drug-likeness (QED) is 0.559. The van der Waals surface area contributed by atoms with Crippen molar-refractivity contribution in [2.75, 3.05) is 19.7 Å². The molecular weight excluding hydrogens is 504 g/mol. The van der Waals surface area contributed by atoms with E-state index in [4.69, 9.17) is 4.74 Å².